The molecule has 0 saturated carbocycles. The number of anilines is 3. The summed E-state index contributed by atoms with van der Waals surface area (Å²) < 4.78 is 68.0. The molecular formula is C28H22F5N5O4. The van der Waals surface area contributed by atoms with Gasteiger partial charge in [-0.2, -0.15) is 13.2 Å². The Hall–Kier alpha value is -5.01. The number of rotatable bonds is 6. The van der Waals surface area contributed by atoms with E-state index < -0.39 is 64.5 Å². The molecule has 42 heavy (non-hydrogen) atoms. The third-order valence-electron chi connectivity index (χ3n) is 7.04. The first-order valence-electron chi connectivity index (χ1n) is 12.5. The molecule has 3 N–H and O–H groups in total. The summed E-state index contributed by atoms with van der Waals surface area (Å²) in [7, 11) is 0. The molecule has 0 aliphatic carbocycles. The van der Waals surface area contributed by atoms with Gasteiger partial charge in [-0.15, -0.1) is 0 Å². The van der Waals surface area contributed by atoms with Gasteiger partial charge in [-0.3, -0.25) is 14.9 Å². The summed E-state index contributed by atoms with van der Waals surface area (Å²) in [5, 5.41) is 7.63. The molecule has 0 spiro atoms. The smallest absolute Gasteiger partial charge is 0.355 e. The number of carbonyl (C=O) groups is 4. The predicted molar refractivity (Wildman–Crippen MR) is 139 cm³/mol. The lowest BCUT2D eigenvalue weighted by Crippen LogP contribution is -2.43. The second kappa shape index (κ2) is 10.1. The number of halogens is 5. The minimum Gasteiger partial charge on any atom is -0.355 e. The molecule has 0 radical (unpaired) electrons. The highest BCUT2D eigenvalue weighted by Gasteiger charge is 2.52. The van der Waals surface area contributed by atoms with Crippen LogP contribution >= 0.6 is 0 Å². The molecule has 1 unspecified atom stereocenters. The third kappa shape index (κ3) is 5.10. The Bertz CT molecular complexity index is 1620. The van der Waals surface area contributed by atoms with E-state index in [-0.39, 0.29) is 18.3 Å². The lowest BCUT2D eigenvalue weighted by Gasteiger charge is -2.28. The summed E-state index contributed by atoms with van der Waals surface area (Å²) >= 11 is 0. The first kappa shape index (κ1) is 28.5. The van der Waals surface area contributed by atoms with Crippen molar-refractivity contribution < 1.29 is 41.1 Å². The van der Waals surface area contributed by atoms with Crippen LogP contribution in [0.1, 0.15) is 36.6 Å². The molecule has 6 amide bonds. The summed E-state index contributed by atoms with van der Waals surface area (Å²) in [6, 6.07) is 9.10. The molecule has 9 nitrogen and oxygen atoms in total. The van der Waals surface area contributed by atoms with Crippen molar-refractivity contribution in [3.8, 4) is 0 Å². The molecule has 2 aliphatic heterocycles. The third-order valence-corrected chi connectivity index (χ3v) is 7.04. The van der Waals surface area contributed by atoms with Crippen LogP contribution in [-0.4, -0.2) is 34.3 Å². The Morgan fingerprint density at radius 3 is 2.21 bits per heavy atom. The van der Waals surface area contributed by atoms with Crippen LogP contribution in [0.5, 0.6) is 0 Å². The van der Waals surface area contributed by atoms with Gasteiger partial charge >= 0.3 is 18.2 Å². The van der Waals surface area contributed by atoms with E-state index >= 15 is 0 Å². The van der Waals surface area contributed by atoms with Crippen molar-refractivity contribution in [2.75, 3.05) is 10.2 Å². The van der Waals surface area contributed by atoms with E-state index in [1.807, 2.05) is 0 Å². The first-order chi connectivity index (χ1) is 19.7. The molecule has 218 valence electrons. The maximum Gasteiger partial charge on any atom is 0.416 e. The summed E-state index contributed by atoms with van der Waals surface area (Å²) in [4.78, 5) is 51.6. The highest BCUT2D eigenvalue weighted by atomic mass is 19.4. The van der Waals surface area contributed by atoms with Gasteiger partial charge in [0.25, 0.3) is 11.8 Å². The van der Waals surface area contributed by atoms with Crippen LogP contribution in [-0.2, 0) is 22.3 Å². The number of benzene rings is 3. The second-order valence-electron chi connectivity index (χ2n) is 10.2. The number of nitrogens with one attached hydrogen (secondary N) is 3. The molecule has 2 fully saturated rings. The molecule has 3 aromatic rings. The van der Waals surface area contributed by atoms with Crippen molar-refractivity contribution in [3.63, 3.8) is 0 Å². The van der Waals surface area contributed by atoms with Gasteiger partial charge in [-0.1, -0.05) is 18.2 Å². The summed E-state index contributed by atoms with van der Waals surface area (Å²) in [6.07, 6.45) is -4.82. The number of amides is 6. The predicted octanol–water partition coefficient (Wildman–Crippen LogP) is 5.36. The van der Waals surface area contributed by atoms with Gasteiger partial charge in [0.05, 0.1) is 17.8 Å². The first-order valence-corrected chi connectivity index (χ1v) is 12.5. The second-order valence-corrected chi connectivity index (χ2v) is 10.2. The van der Waals surface area contributed by atoms with Crippen LogP contribution in [0.25, 0.3) is 0 Å². The van der Waals surface area contributed by atoms with Crippen molar-refractivity contribution in [3.05, 3.63) is 89.0 Å². The van der Waals surface area contributed by atoms with Crippen LogP contribution in [0.3, 0.4) is 0 Å². The highest BCUT2D eigenvalue weighted by molar-refractivity contribution is 6.23. The van der Waals surface area contributed by atoms with E-state index in [2.05, 4.69) is 16.0 Å². The zero-order valence-electron chi connectivity index (χ0n) is 22.0. The van der Waals surface area contributed by atoms with Crippen molar-refractivity contribution in [2.45, 2.75) is 38.1 Å². The number of alkyl halides is 3. The fourth-order valence-electron chi connectivity index (χ4n) is 4.72. The molecular weight excluding hydrogens is 565 g/mol. The van der Waals surface area contributed by atoms with Crippen molar-refractivity contribution in [2.24, 2.45) is 0 Å². The summed E-state index contributed by atoms with van der Waals surface area (Å²) in [5.41, 5.74) is -1.87. The van der Waals surface area contributed by atoms with Crippen molar-refractivity contribution in [1.29, 1.82) is 0 Å². The molecule has 2 heterocycles. The number of carbonyl (C=O) groups excluding carboxylic acids is 4. The fourth-order valence-corrected chi connectivity index (χ4v) is 4.72. The van der Waals surface area contributed by atoms with Crippen LogP contribution in [0.15, 0.2) is 60.7 Å². The van der Waals surface area contributed by atoms with Crippen LogP contribution in [0, 0.1) is 11.6 Å². The maximum absolute atomic E-state index is 14.7. The highest BCUT2D eigenvalue weighted by Crippen LogP contribution is 2.38. The van der Waals surface area contributed by atoms with Gasteiger partial charge < -0.3 is 15.5 Å². The quantitative estimate of drug-likeness (QED) is 0.266. The Balaban J connectivity index is 1.40. The molecule has 14 heteroatoms. The number of urea groups is 2. The molecule has 1 atom stereocenters. The summed E-state index contributed by atoms with van der Waals surface area (Å²) in [5.74, 6) is -3.38. The Labute approximate surface area is 235 Å². The number of hydrogen-bond acceptors (Lipinski definition) is 5. The van der Waals surface area contributed by atoms with Crippen LogP contribution in [0.4, 0.5) is 48.6 Å². The molecule has 3 aromatic carbocycles. The topological polar surface area (TPSA) is 111 Å². The van der Waals surface area contributed by atoms with E-state index in [0.29, 0.717) is 27.8 Å². The maximum atomic E-state index is 14.7. The van der Waals surface area contributed by atoms with Crippen molar-refractivity contribution >= 4 is 40.9 Å². The normalized spacial score (nSPS) is 18.4. The molecule has 0 aromatic heterocycles. The zero-order valence-corrected chi connectivity index (χ0v) is 22.0. The van der Waals surface area contributed by atoms with Crippen LogP contribution < -0.4 is 20.9 Å². The average Bonchev–Trinajstić information content (AvgIpc) is 3.33. The average molecular weight is 588 g/mol. The monoisotopic (exact) mass is 587 g/mol. The van der Waals surface area contributed by atoms with Gasteiger partial charge in [-0.05, 0) is 67.4 Å². The minimum atomic E-state index is -4.82. The number of nitrogens with zero attached hydrogens (tertiary/aromatic N) is 2. The van der Waals surface area contributed by atoms with Crippen LogP contribution in [0.2, 0.25) is 0 Å². The number of hydrogen-bond donors (Lipinski definition) is 3. The van der Waals surface area contributed by atoms with E-state index in [1.165, 1.54) is 19.9 Å². The lowest BCUT2D eigenvalue weighted by molar-refractivity contribution is -0.137. The van der Waals surface area contributed by atoms with E-state index in [9.17, 15) is 41.1 Å². The standard InChI is InChI=1S/C28H22F5N5O4/c1-27(2)24(40)38(21-10-6-16(11-19(21)30)28(31,32)33)26(42)37(27)13-15-3-7-17(29)12-20(15)34-18-8-4-14(5-9-18)22-23(39)36-25(41)35-22/h3-12,22,34H,13H2,1-2H3,(H2,35,36,39,41). The number of imide groups is 2. The largest absolute Gasteiger partial charge is 0.416 e. The van der Waals surface area contributed by atoms with Crippen molar-refractivity contribution in [1.82, 2.24) is 15.5 Å². The zero-order chi connectivity index (χ0) is 30.6. The lowest BCUT2D eigenvalue weighted by atomic mass is 10.0. The Morgan fingerprint density at radius 1 is 0.929 bits per heavy atom. The van der Waals surface area contributed by atoms with E-state index in [4.69, 9.17) is 0 Å². The van der Waals surface area contributed by atoms with Gasteiger partial charge in [0.1, 0.15) is 23.2 Å². The van der Waals surface area contributed by atoms with Gasteiger partial charge in [0.15, 0.2) is 0 Å². The fraction of sp³-hybridized carbons (Fsp3) is 0.214. The van der Waals surface area contributed by atoms with Gasteiger partial charge in [0, 0.05) is 11.4 Å². The SMILES string of the molecule is CC1(C)C(=O)N(c2ccc(C(F)(F)F)cc2F)C(=O)N1Cc1ccc(F)cc1Nc1ccc(C2NC(=O)NC2=O)cc1. The van der Waals surface area contributed by atoms with Gasteiger partial charge in [0.2, 0.25) is 0 Å². The summed E-state index contributed by atoms with van der Waals surface area (Å²) in [6.45, 7) is 2.57. The van der Waals surface area contributed by atoms with E-state index in [0.717, 1.165) is 23.1 Å². The molecule has 2 aliphatic rings. The Morgan fingerprint density at radius 2 is 1.62 bits per heavy atom. The molecule has 2 saturated heterocycles. The molecule has 0 bridgehead atoms. The van der Waals surface area contributed by atoms with E-state index in [1.54, 1.807) is 24.3 Å². The molecule has 5 rings (SSSR count). The van der Waals surface area contributed by atoms with Gasteiger partial charge in [-0.25, -0.2) is 23.3 Å². The minimum absolute atomic E-state index is 0.214. The Kier molecular flexibility index (Phi) is 6.87.